The molecule has 0 fully saturated rings. The Morgan fingerprint density at radius 2 is 2.00 bits per heavy atom. The zero-order valence-electron chi connectivity index (χ0n) is 9.68. The van der Waals surface area contributed by atoms with E-state index in [0.29, 0.717) is 11.6 Å². The van der Waals surface area contributed by atoms with Gasteiger partial charge < -0.3 is 15.2 Å². The van der Waals surface area contributed by atoms with Crippen molar-refractivity contribution in [2.24, 2.45) is 0 Å². The first-order chi connectivity index (χ1) is 8.26. The Morgan fingerprint density at radius 1 is 1.18 bits per heavy atom. The molecule has 0 bridgehead atoms. The molecule has 2 N–H and O–H groups in total. The Balaban J connectivity index is 2.52. The number of anilines is 1. The zero-order chi connectivity index (χ0) is 12.3. The minimum absolute atomic E-state index is 0.324. The van der Waals surface area contributed by atoms with Crippen molar-refractivity contribution in [3.05, 3.63) is 30.5 Å². The van der Waals surface area contributed by atoms with E-state index in [4.69, 9.17) is 15.2 Å². The molecule has 2 rings (SSSR count). The molecule has 5 nitrogen and oxygen atoms in total. The van der Waals surface area contributed by atoms with E-state index in [1.54, 1.807) is 13.3 Å². The maximum Gasteiger partial charge on any atom is 0.257 e. The molecular formula is C12H13N3O2. The largest absolute Gasteiger partial charge is 0.497 e. The highest BCUT2D eigenvalue weighted by atomic mass is 16.5. The maximum absolute atomic E-state index is 5.95. The number of nitrogens with zero attached hydrogens (tertiary/aromatic N) is 2. The second-order valence-electron chi connectivity index (χ2n) is 3.41. The van der Waals surface area contributed by atoms with E-state index in [1.165, 1.54) is 7.11 Å². The van der Waals surface area contributed by atoms with Crippen molar-refractivity contribution in [2.75, 3.05) is 20.0 Å². The van der Waals surface area contributed by atoms with Crippen LogP contribution in [0.3, 0.4) is 0 Å². The van der Waals surface area contributed by atoms with Crippen LogP contribution in [0.1, 0.15) is 0 Å². The maximum atomic E-state index is 5.95. The third kappa shape index (κ3) is 2.13. The fourth-order valence-corrected chi connectivity index (χ4v) is 1.55. The van der Waals surface area contributed by atoms with Gasteiger partial charge in [-0.05, 0) is 17.7 Å². The Bertz CT molecular complexity index is 529. The highest BCUT2D eigenvalue weighted by Crippen LogP contribution is 2.31. The summed E-state index contributed by atoms with van der Waals surface area (Å²) in [6, 6.07) is 7.56. The van der Waals surface area contributed by atoms with Gasteiger partial charge in [0.1, 0.15) is 11.4 Å². The molecule has 0 radical (unpaired) electrons. The lowest BCUT2D eigenvalue weighted by atomic mass is 10.1. The van der Waals surface area contributed by atoms with Gasteiger partial charge in [0, 0.05) is 5.56 Å². The summed E-state index contributed by atoms with van der Waals surface area (Å²) >= 11 is 0. The summed E-state index contributed by atoms with van der Waals surface area (Å²) in [5, 5.41) is 7.65. The first-order valence-electron chi connectivity index (χ1n) is 5.06. The number of rotatable bonds is 3. The molecule has 5 heteroatoms. The molecule has 0 aliphatic heterocycles. The van der Waals surface area contributed by atoms with Crippen LogP contribution in [0.2, 0.25) is 0 Å². The van der Waals surface area contributed by atoms with Gasteiger partial charge >= 0.3 is 0 Å². The van der Waals surface area contributed by atoms with Gasteiger partial charge in [0.05, 0.1) is 20.4 Å². The molecule has 0 atom stereocenters. The van der Waals surface area contributed by atoms with Crippen LogP contribution >= 0.6 is 0 Å². The first kappa shape index (κ1) is 11.2. The van der Waals surface area contributed by atoms with Gasteiger partial charge in [-0.25, -0.2) is 0 Å². The van der Waals surface area contributed by atoms with Gasteiger partial charge in [-0.1, -0.05) is 12.1 Å². The third-order valence-electron chi connectivity index (χ3n) is 2.43. The van der Waals surface area contributed by atoms with Crippen LogP contribution in [-0.2, 0) is 0 Å². The molecular weight excluding hydrogens is 218 g/mol. The predicted octanol–water partition coefficient (Wildman–Crippen LogP) is 1.74. The van der Waals surface area contributed by atoms with E-state index < -0.39 is 0 Å². The molecule has 1 aromatic carbocycles. The lowest BCUT2D eigenvalue weighted by Crippen LogP contribution is -1.99. The lowest BCUT2D eigenvalue weighted by Gasteiger charge is -2.09. The highest BCUT2D eigenvalue weighted by Gasteiger charge is 2.10. The topological polar surface area (TPSA) is 70.3 Å². The van der Waals surface area contributed by atoms with Crippen molar-refractivity contribution < 1.29 is 9.47 Å². The molecule has 1 aromatic heterocycles. The monoisotopic (exact) mass is 231 g/mol. The van der Waals surface area contributed by atoms with Crippen molar-refractivity contribution >= 4 is 5.69 Å². The van der Waals surface area contributed by atoms with Crippen LogP contribution < -0.4 is 15.2 Å². The van der Waals surface area contributed by atoms with Gasteiger partial charge in [-0.2, -0.15) is 5.10 Å². The van der Waals surface area contributed by atoms with Crippen LogP contribution in [-0.4, -0.2) is 24.4 Å². The summed E-state index contributed by atoms with van der Waals surface area (Å²) in [5.74, 6) is 1.09. The normalized spacial score (nSPS) is 10.0. The average molecular weight is 231 g/mol. The van der Waals surface area contributed by atoms with E-state index >= 15 is 0 Å². The molecule has 1 heterocycles. The number of methoxy groups -OCH3 is 2. The van der Waals surface area contributed by atoms with Crippen molar-refractivity contribution in [1.82, 2.24) is 10.2 Å². The second kappa shape index (κ2) is 4.69. The molecule has 17 heavy (non-hydrogen) atoms. The molecule has 2 aromatic rings. The van der Waals surface area contributed by atoms with E-state index in [0.717, 1.165) is 16.9 Å². The molecule has 0 amide bonds. The van der Waals surface area contributed by atoms with Crippen LogP contribution in [0.25, 0.3) is 11.1 Å². The van der Waals surface area contributed by atoms with Crippen molar-refractivity contribution in [1.29, 1.82) is 0 Å². The van der Waals surface area contributed by atoms with Gasteiger partial charge in [-0.3, -0.25) is 0 Å². The lowest BCUT2D eigenvalue weighted by molar-refractivity contribution is 0.394. The van der Waals surface area contributed by atoms with Crippen LogP contribution in [0.5, 0.6) is 11.6 Å². The van der Waals surface area contributed by atoms with Crippen molar-refractivity contribution in [3.8, 4) is 22.8 Å². The SMILES string of the molecule is COc1cccc(-c2cnnc(OC)c2N)c1. The quantitative estimate of drug-likeness (QED) is 0.871. The van der Waals surface area contributed by atoms with Gasteiger partial charge in [0.2, 0.25) is 0 Å². The Morgan fingerprint density at radius 3 is 2.71 bits per heavy atom. The van der Waals surface area contributed by atoms with Gasteiger partial charge in [0.25, 0.3) is 5.88 Å². The van der Waals surface area contributed by atoms with E-state index in [1.807, 2.05) is 24.3 Å². The number of ether oxygens (including phenoxy) is 2. The number of nitrogens with two attached hydrogens (primary N) is 1. The van der Waals surface area contributed by atoms with E-state index in [9.17, 15) is 0 Å². The Kier molecular flexibility index (Phi) is 3.09. The molecule has 0 saturated heterocycles. The first-order valence-corrected chi connectivity index (χ1v) is 5.06. The van der Waals surface area contributed by atoms with Crippen LogP contribution in [0.4, 0.5) is 5.69 Å². The summed E-state index contributed by atoms with van der Waals surface area (Å²) in [6.07, 6.45) is 1.60. The summed E-state index contributed by atoms with van der Waals surface area (Å²) in [6.45, 7) is 0. The molecule has 0 spiro atoms. The van der Waals surface area contributed by atoms with E-state index in [-0.39, 0.29) is 0 Å². The van der Waals surface area contributed by atoms with Crippen LogP contribution in [0.15, 0.2) is 30.5 Å². The van der Waals surface area contributed by atoms with Crippen molar-refractivity contribution in [2.45, 2.75) is 0 Å². The Hall–Kier alpha value is -2.30. The fraction of sp³-hybridized carbons (Fsp3) is 0.167. The minimum Gasteiger partial charge on any atom is -0.497 e. The summed E-state index contributed by atoms with van der Waals surface area (Å²) < 4.78 is 10.2. The third-order valence-corrected chi connectivity index (χ3v) is 2.43. The number of hydrogen-bond acceptors (Lipinski definition) is 5. The molecule has 88 valence electrons. The molecule has 0 aliphatic carbocycles. The van der Waals surface area contributed by atoms with Gasteiger partial charge in [-0.15, -0.1) is 5.10 Å². The smallest absolute Gasteiger partial charge is 0.257 e. The molecule has 0 unspecified atom stereocenters. The number of benzene rings is 1. The fourth-order valence-electron chi connectivity index (χ4n) is 1.55. The van der Waals surface area contributed by atoms with Gasteiger partial charge in [0.15, 0.2) is 0 Å². The summed E-state index contributed by atoms with van der Waals surface area (Å²) in [5.41, 5.74) is 8.10. The van der Waals surface area contributed by atoms with Crippen LogP contribution in [0, 0.1) is 0 Å². The standard InChI is InChI=1S/C12H13N3O2/c1-16-9-5-3-4-8(6-9)10-7-14-15-12(17-2)11(10)13/h3-7H,1-2H3,(H2,13,14). The zero-order valence-corrected chi connectivity index (χ0v) is 9.68. The minimum atomic E-state index is 0.324. The van der Waals surface area contributed by atoms with E-state index in [2.05, 4.69) is 10.2 Å². The highest BCUT2D eigenvalue weighted by molar-refractivity contribution is 5.78. The molecule has 0 aliphatic rings. The van der Waals surface area contributed by atoms with Crippen molar-refractivity contribution in [3.63, 3.8) is 0 Å². The molecule has 0 saturated carbocycles. The second-order valence-corrected chi connectivity index (χ2v) is 3.41. The predicted molar refractivity (Wildman–Crippen MR) is 65.0 cm³/mol. The number of nitrogen functional groups attached to an aromatic ring is 1. The Labute approximate surface area is 99.2 Å². The summed E-state index contributed by atoms with van der Waals surface area (Å²) in [7, 11) is 3.13. The number of aromatic nitrogens is 2. The summed E-state index contributed by atoms with van der Waals surface area (Å²) in [4.78, 5) is 0. The average Bonchev–Trinajstić information content (AvgIpc) is 2.39. The number of hydrogen-bond donors (Lipinski definition) is 1.